The van der Waals surface area contributed by atoms with Gasteiger partial charge in [-0.1, -0.05) is 6.07 Å². The summed E-state index contributed by atoms with van der Waals surface area (Å²) in [5, 5.41) is 10.8. The molecule has 0 saturated carbocycles. The van der Waals surface area contributed by atoms with Crippen LogP contribution in [0.5, 0.6) is 5.75 Å². The van der Waals surface area contributed by atoms with E-state index in [2.05, 4.69) is 25.3 Å². The molecule has 1 unspecified atom stereocenters. The highest BCUT2D eigenvalue weighted by atomic mass is 32.2. The second kappa shape index (κ2) is 10.2. The third-order valence-electron chi connectivity index (χ3n) is 8.35. The number of aromatic nitrogens is 7. The Balaban J connectivity index is 1.22. The van der Waals surface area contributed by atoms with Gasteiger partial charge in [0.1, 0.15) is 22.8 Å². The van der Waals surface area contributed by atoms with Crippen LogP contribution in [-0.4, -0.2) is 79.4 Å². The van der Waals surface area contributed by atoms with Crippen LogP contribution in [-0.2, 0) is 9.84 Å². The molecule has 2 aliphatic heterocycles. The van der Waals surface area contributed by atoms with Gasteiger partial charge in [0.25, 0.3) is 5.91 Å². The number of amides is 1. The van der Waals surface area contributed by atoms with Gasteiger partial charge in [-0.3, -0.25) is 14.9 Å². The normalized spacial score (nSPS) is 21.4. The first-order valence-corrected chi connectivity index (χ1v) is 15.6. The Bertz CT molecular complexity index is 2030. The van der Waals surface area contributed by atoms with E-state index in [1.54, 1.807) is 36.7 Å². The summed E-state index contributed by atoms with van der Waals surface area (Å²) in [5.74, 6) is -0.0959. The van der Waals surface area contributed by atoms with Crippen molar-refractivity contribution < 1.29 is 22.1 Å². The molecule has 0 aliphatic carbocycles. The number of rotatable bonds is 6. The number of H-pyrrole nitrogens is 1. The molecular formula is C29H29N9O4S. The summed E-state index contributed by atoms with van der Waals surface area (Å²) in [5.41, 5.74) is 10.0. The summed E-state index contributed by atoms with van der Waals surface area (Å²) in [6.07, 6.45) is 8.28. The minimum absolute atomic E-state index is 0.0230. The van der Waals surface area contributed by atoms with Gasteiger partial charge >= 0.3 is 0 Å². The molecule has 220 valence electrons. The molecule has 0 radical (unpaired) electrons. The SMILES string of the molecule is [2H]C([2H])([2H])Oc1ccc(-c2ccc(-c3cnn4c(N)c(S(C)(=O)=O)c(C5C[C@H]6CC[C@@H](C5)N6C(=O)c5ncn[nH]5)nc34)cn2)cc1. The topological polar surface area (TPSA) is 174 Å². The predicted molar refractivity (Wildman–Crippen MR) is 157 cm³/mol. The number of hydrogen-bond donors (Lipinski definition) is 2. The Morgan fingerprint density at radius 2 is 1.81 bits per heavy atom. The number of nitrogens with two attached hydrogens (primary N) is 1. The molecule has 2 aliphatic rings. The molecule has 5 aromatic rings. The largest absolute Gasteiger partial charge is 0.497 e. The second-order valence-electron chi connectivity index (χ2n) is 10.9. The molecule has 14 heteroatoms. The van der Waals surface area contributed by atoms with E-state index in [0.29, 0.717) is 41.0 Å². The Morgan fingerprint density at radius 3 is 2.44 bits per heavy atom. The van der Waals surface area contributed by atoms with Crippen LogP contribution in [0.25, 0.3) is 28.0 Å². The quantitative estimate of drug-likeness (QED) is 0.294. The van der Waals surface area contributed by atoms with Gasteiger partial charge in [0.2, 0.25) is 5.82 Å². The fraction of sp³-hybridized carbons (Fsp3) is 0.310. The van der Waals surface area contributed by atoms with E-state index >= 15 is 0 Å². The molecule has 1 amide bonds. The third kappa shape index (κ3) is 4.58. The molecule has 1 aromatic carbocycles. The van der Waals surface area contributed by atoms with Crippen LogP contribution in [0.1, 0.15) is 52.0 Å². The van der Waals surface area contributed by atoms with Gasteiger partial charge in [-0.2, -0.15) is 14.7 Å². The molecule has 2 bridgehead atoms. The number of piperidine rings is 1. The maximum atomic E-state index is 13.2. The zero-order valence-electron chi connectivity index (χ0n) is 26.0. The number of carbonyl (C=O) groups excluding carboxylic acids is 1. The van der Waals surface area contributed by atoms with Crippen LogP contribution in [0.2, 0.25) is 0 Å². The van der Waals surface area contributed by atoms with Crippen molar-refractivity contribution in [2.45, 2.75) is 48.6 Å². The van der Waals surface area contributed by atoms with Crippen molar-refractivity contribution in [3.05, 3.63) is 66.6 Å². The summed E-state index contributed by atoms with van der Waals surface area (Å²) >= 11 is 0. The molecule has 3 N–H and O–H groups in total. The van der Waals surface area contributed by atoms with E-state index in [1.165, 1.54) is 10.8 Å². The van der Waals surface area contributed by atoms with Gasteiger partial charge in [0, 0.05) is 47.1 Å². The Hall–Kier alpha value is -4.85. The number of fused-ring (bicyclic) bond motifs is 3. The average molecular weight is 603 g/mol. The van der Waals surface area contributed by atoms with Crippen molar-refractivity contribution in [2.24, 2.45) is 0 Å². The molecule has 13 nitrogen and oxygen atoms in total. The number of nitrogens with one attached hydrogen (secondary N) is 1. The lowest BCUT2D eigenvalue weighted by molar-refractivity contribution is 0.0556. The van der Waals surface area contributed by atoms with Crippen LogP contribution in [0, 0.1) is 0 Å². The first kappa shape index (κ1) is 23.7. The summed E-state index contributed by atoms with van der Waals surface area (Å²) in [7, 11) is -6.33. The fourth-order valence-corrected chi connectivity index (χ4v) is 7.52. The summed E-state index contributed by atoms with van der Waals surface area (Å²) in [4.78, 5) is 28.5. The van der Waals surface area contributed by atoms with Gasteiger partial charge in [-0.05, 0) is 56.0 Å². The number of sulfone groups is 1. The number of pyridine rings is 1. The van der Waals surface area contributed by atoms with Crippen molar-refractivity contribution in [3.63, 3.8) is 0 Å². The molecule has 43 heavy (non-hydrogen) atoms. The van der Waals surface area contributed by atoms with E-state index in [0.717, 1.165) is 24.7 Å². The summed E-state index contributed by atoms with van der Waals surface area (Å²) in [6.45, 7) is 0. The molecular weight excluding hydrogens is 570 g/mol. The Kier molecular flexibility index (Phi) is 5.59. The number of hydrogen-bond acceptors (Lipinski definition) is 10. The van der Waals surface area contributed by atoms with Gasteiger partial charge in [-0.15, -0.1) is 0 Å². The standard InChI is InChI=1S/C29H29N9O4S/c1-42-21-8-3-16(4-9-21)23-10-5-17(13-31-23)22-14-34-38-26(30)25(43(2,40)41)24(35-28(22)38)18-11-19-6-7-20(12-18)37(19)29(39)27-32-15-33-36-27/h3-5,8-10,13-15,18-20H,6-7,11-12,30H2,1-2H3,(H,32,33,36)/t18?,19-,20+/i1D3. The minimum atomic E-state index is -3.79. The lowest BCUT2D eigenvalue weighted by Gasteiger charge is -2.38. The molecule has 3 atom stereocenters. The van der Waals surface area contributed by atoms with Crippen LogP contribution >= 0.6 is 0 Å². The lowest BCUT2D eigenvalue weighted by atomic mass is 9.87. The first-order valence-electron chi connectivity index (χ1n) is 15.2. The van der Waals surface area contributed by atoms with Crippen molar-refractivity contribution in [1.82, 2.24) is 39.7 Å². The average Bonchev–Trinajstić information content (AvgIpc) is 3.74. The maximum Gasteiger partial charge on any atom is 0.291 e. The molecule has 2 saturated heterocycles. The number of ether oxygens (including phenoxy) is 1. The molecule has 7 rings (SSSR count). The summed E-state index contributed by atoms with van der Waals surface area (Å²) in [6, 6.07) is 10.0. The number of nitrogen functional groups attached to an aromatic ring is 1. The third-order valence-corrected chi connectivity index (χ3v) is 9.51. The highest BCUT2D eigenvalue weighted by molar-refractivity contribution is 7.91. The number of carbonyl (C=O) groups is 1. The van der Waals surface area contributed by atoms with Crippen molar-refractivity contribution in [3.8, 4) is 28.1 Å². The minimum Gasteiger partial charge on any atom is -0.497 e. The second-order valence-corrected chi connectivity index (χ2v) is 12.9. The van der Waals surface area contributed by atoms with E-state index in [1.807, 2.05) is 17.0 Å². The van der Waals surface area contributed by atoms with Crippen molar-refractivity contribution in [1.29, 1.82) is 0 Å². The Labute approximate surface area is 251 Å². The Morgan fingerprint density at radius 1 is 1.07 bits per heavy atom. The van der Waals surface area contributed by atoms with E-state index in [-0.39, 0.29) is 46.2 Å². The number of methoxy groups -OCH3 is 1. The van der Waals surface area contributed by atoms with E-state index < -0.39 is 16.9 Å². The first-order chi connectivity index (χ1) is 21.9. The van der Waals surface area contributed by atoms with Gasteiger partial charge in [-0.25, -0.2) is 18.4 Å². The number of anilines is 1. The number of nitrogens with zero attached hydrogens (tertiary/aromatic N) is 7. The van der Waals surface area contributed by atoms with E-state index in [9.17, 15) is 13.2 Å². The fourth-order valence-electron chi connectivity index (χ4n) is 6.46. The number of benzene rings is 1. The number of aromatic amines is 1. The van der Waals surface area contributed by atoms with Gasteiger partial charge < -0.3 is 15.4 Å². The van der Waals surface area contributed by atoms with Crippen LogP contribution in [0.3, 0.4) is 0 Å². The van der Waals surface area contributed by atoms with Gasteiger partial charge in [0.05, 0.1) is 28.7 Å². The molecule has 4 aromatic heterocycles. The molecule has 6 heterocycles. The predicted octanol–water partition coefficient (Wildman–Crippen LogP) is 3.12. The smallest absolute Gasteiger partial charge is 0.291 e. The lowest BCUT2D eigenvalue weighted by Crippen LogP contribution is -2.46. The summed E-state index contributed by atoms with van der Waals surface area (Å²) < 4.78 is 54.3. The van der Waals surface area contributed by atoms with Crippen LogP contribution in [0.15, 0.2) is 60.0 Å². The molecule has 2 fully saturated rings. The van der Waals surface area contributed by atoms with Crippen molar-refractivity contribution in [2.75, 3.05) is 19.0 Å². The highest BCUT2D eigenvalue weighted by Crippen LogP contribution is 2.45. The van der Waals surface area contributed by atoms with Crippen molar-refractivity contribution >= 4 is 27.2 Å². The zero-order chi connectivity index (χ0) is 32.4. The zero-order valence-corrected chi connectivity index (χ0v) is 23.8. The highest BCUT2D eigenvalue weighted by Gasteiger charge is 2.46. The monoisotopic (exact) mass is 602 g/mol. The van der Waals surface area contributed by atoms with Gasteiger partial charge in [0.15, 0.2) is 15.5 Å². The maximum absolute atomic E-state index is 13.2. The van der Waals surface area contributed by atoms with E-state index in [4.69, 9.17) is 19.6 Å². The van der Waals surface area contributed by atoms with Crippen LogP contribution in [0.4, 0.5) is 5.82 Å². The van der Waals surface area contributed by atoms with Crippen LogP contribution < -0.4 is 10.5 Å². The molecule has 0 spiro atoms.